The van der Waals surface area contributed by atoms with E-state index in [-0.39, 0.29) is 5.78 Å². The zero-order chi connectivity index (χ0) is 21.8. The van der Waals surface area contributed by atoms with E-state index >= 15 is 0 Å². The summed E-state index contributed by atoms with van der Waals surface area (Å²) in [6.07, 6.45) is 1.12. The van der Waals surface area contributed by atoms with Crippen LogP contribution in [0.4, 0.5) is 5.69 Å². The first-order valence-corrected chi connectivity index (χ1v) is 10.7. The molecule has 2 atom stereocenters. The predicted octanol–water partition coefficient (Wildman–Crippen LogP) is 4.48. The monoisotopic (exact) mass is 411 g/mol. The largest absolute Gasteiger partial charge is 0.375 e. The molecule has 0 spiro atoms. The molecule has 0 unspecified atom stereocenters. The number of nitrogens with zero attached hydrogens (tertiary/aromatic N) is 1. The summed E-state index contributed by atoms with van der Waals surface area (Å²) in [5.74, 6) is -1.35. The first-order chi connectivity index (χ1) is 14.9. The Morgan fingerprint density at radius 1 is 1.00 bits per heavy atom. The van der Waals surface area contributed by atoms with E-state index in [2.05, 4.69) is 6.07 Å². The lowest BCUT2D eigenvalue weighted by atomic mass is 9.71. The van der Waals surface area contributed by atoms with Gasteiger partial charge in [0.2, 0.25) is 0 Å². The zero-order valence-corrected chi connectivity index (χ0v) is 17.8. The van der Waals surface area contributed by atoms with Gasteiger partial charge in [-0.15, -0.1) is 0 Å². The maximum absolute atomic E-state index is 13.8. The Morgan fingerprint density at radius 3 is 2.58 bits per heavy atom. The van der Waals surface area contributed by atoms with Crippen LogP contribution in [0.3, 0.4) is 0 Å². The molecule has 0 fully saturated rings. The van der Waals surface area contributed by atoms with Gasteiger partial charge in [0.25, 0.3) is 5.91 Å². The summed E-state index contributed by atoms with van der Waals surface area (Å²) < 4.78 is 0. The number of hydrogen-bond donors (Lipinski definition) is 1. The second-order valence-corrected chi connectivity index (χ2v) is 8.72. The SMILES string of the molecule is Cc1ccc(C)c(CN2C(=O)[C@](O)([C@H]3CCc4ccccc4C3=O)c3ccccc32)c1. The highest BCUT2D eigenvalue weighted by Gasteiger charge is 2.57. The summed E-state index contributed by atoms with van der Waals surface area (Å²) in [5.41, 5.74) is 4.21. The minimum absolute atomic E-state index is 0.152. The van der Waals surface area contributed by atoms with Crippen LogP contribution < -0.4 is 4.90 Å². The van der Waals surface area contributed by atoms with Crippen molar-refractivity contribution in [3.8, 4) is 0 Å². The van der Waals surface area contributed by atoms with E-state index in [1.165, 1.54) is 0 Å². The molecule has 0 radical (unpaired) electrons. The first-order valence-electron chi connectivity index (χ1n) is 10.7. The molecule has 1 heterocycles. The second kappa shape index (κ2) is 7.17. The number of ketones is 1. The fraction of sp³-hybridized carbons (Fsp3) is 0.259. The third-order valence-corrected chi connectivity index (χ3v) is 6.82. The van der Waals surface area contributed by atoms with E-state index in [0.29, 0.717) is 36.2 Å². The highest BCUT2D eigenvalue weighted by Crippen LogP contribution is 2.48. The van der Waals surface area contributed by atoms with Gasteiger partial charge in [-0.3, -0.25) is 9.59 Å². The summed E-state index contributed by atoms with van der Waals surface area (Å²) >= 11 is 0. The van der Waals surface area contributed by atoms with Gasteiger partial charge in [0.1, 0.15) is 0 Å². The van der Waals surface area contributed by atoms with Crippen LogP contribution in [0.15, 0.2) is 66.7 Å². The molecule has 3 aromatic carbocycles. The van der Waals surface area contributed by atoms with Crippen LogP contribution in [0.2, 0.25) is 0 Å². The number of carbonyl (C=O) groups is 2. The van der Waals surface area contributed by atoms with E-state index in [4.69, 9.17) is 0 Å². The molecule has 1 aliphatic heterocycles. The number of hydrogen-bond acceptors (Lipinski definition) is 3. The molecule has 1 aliphatic carbocycles. The molecule has 0 bridgehead atoms. The Balaban J connectivity index is 1.58. The van der Waals surface area contributed by atoms with Crippen molar-refractivity contribution in [3.05, 3.63) is 100 Å². The number of fused-ring (bicyclic) bond motifs is 2. The molecule has 4 heteroatoms. The van der Waals surface area contributed by atoms with Crippen LogP contribution in [-0.2, 0) is 23.4 Å². The summed E-state index contributed by atoms with van der Waals surface area (Å²) in [6, 6.07) is 21.0. The Bertz CT molecular complexity index is 1210. The molecule has 5 rings (SSSR count). The average Bonchev–Trinajstić information content (AvgIpc) is 2.99. The van der Waals surface area contributed by atoms with Crippen molar-refractivity contribution < 1.29 is 14.7 Å². The molecule has 0 saturated carbocycles. The number of Topliss-reactive ketones (excluding diaryl/α,β-unsaturated/α-hetero) is 1. The minimum atomic E-state index is -1.85. The summed E-state index contributed by atoms with van der Waals surface area (Å²) in [6.45, 7) is 4.41. The van der Waals surface area contributed by atoms with Crippen molar-refractivity contribution >= 4 is 17.4 Å². The van der Waals surface area contributed by atoms with Gasteiger partial charge in [-0.25, -0.2) is 0 Å². The van der Waals surface area contributed by atoms with Gasteiger partial charge in [-0.1, -0.05) is 66.2 Å². The smallest absolute Gasteiger partial charge is 0.264 e. The van der Waals surface area contributed by atoms with E-state index in [1.807, 2.05) is 62.4 Å². The van der Waals surface area contributed by atoms with Gasteiger partial charge in [-0.05, 0) is 49.4 Å². The Morgan fingerprint density at radius 2 is 1.74 bits per heavy atom. The number of amides is 1. The Hall–Kier alpha value is -3.24. The lowest BCUT2D eigenvalue weighted by molar-refractivity contribution is -0.140. The molecule has 1 amide bonds. The maximum atomic E-state index is 13.8. The highest BCUT2D eigenvalue weighted by molar-refractivity contribution is 6.12. The normalized spacial score (nSPS) is 22.4. The van der Waals surface area contributed by atoms with Gasteiger partial charge in [0.05, 0.1) is 18.2 Å². The maximum Gasteiger partial charge on any atom is 0.264 e. The molecular formula is C27H25NO3. The van der Waals surface area contributed by atoms with Crippen molar-refractivity contribution in [1.82, 2.24) is 0 Å². The Labute approximate surface area is 182 Å². The second-order valence-electron chi connectivity index (χ2n) is 8.72. The number of anilines is 1. The van der Waals surface area contributed by atoms with E-state index in [1.54, 1.807) is 17.0 Å². The van der Waals surface area contributed by atoms with Crippen molar-refractivity contribution in [2.75, 3.05) is 4.90 Å². The molecule has 0 aromatic heterocycles. The Kier molecular flexibility index (Phi) is 4.56. The summed E-state index contributed by atoms with van der Waals surface area (Å²) in [4.78, 5) is 28.8. The summed E-state index contributed by atoms with van der Waals surface area (Å²) in [7, 11) is 0. The van der Waals surface area contributed by atoms with Crippen LogP contribution in [-0.4, -0.2) is 16.8 Å². The van der Waals surface area contributed by atoms with Gasteiger partial charge in [0, 0.05) is 11.1 Å². The van der Waals surface area contributed by atoms with Crippen LogP contribution in [0, 0.1) is 19.8 Å². The number of benzene rings is 3. The van der Waals surface area contributed by atoms with Crippen LogP contribution in [0.25, 0.3) is 0 Å². The first kappa shape index (κ1) is 19.7. The fourth-order valence-corrected chi connectivity index (χ4v) is 5.09. The van der Waals surface area contributed by atoms with E-state index in [0.717, 1.165) is 22.3 Å². The van der Waals surface area contributed by atoms with Crippen molar-refractivity contribution in [3.63, 3.8) is 0 Å². The third kappa shape index (κ3) is 2.94. The van der Waals surface area contributed by atoms with E-state index < -0.39 is 17.4 Å². The van der Waals surface area contributed by atoms with Gasteiger partial charge >= 0.3 is 0 Å². The van der Waals surface area contributed by atoms with Crippen LogP contribution in [0.1, 0.15) is 44.6 Å². The molecule has 156 valence electrons. The molecule has 1 N–H and O–H groups in total. The standard InChI is InChI=1S/C27H25NO3/c1-17-11-12-18(2)20(15-17)16-28-24-10-6-5-9-22(24)27(31,26(28)30)23-14-13-19-7-3-4-8-21(19)25(23)29/h3-12,15,23,31H,13-14,16H2,1-2H3/t23-,27+/m0/s1. The van der Waals surface area contributed by atoms with Crippen molar-refractivity contribution in [2.45, 2.75) is 38.8 Å². The van der Waals surface area contributed by atoms with Crippen molar-refractivity contribution in [2.24, 2.45) is 5.92 Å². The average molecular weight is 412 g/mol. The molecule has 0 saturated heterocycles. The van der Waals surface area contributed by atoms with E-state index in [9.17, 15) is 14.7 Å². The zero-order valence-electron chi connectivity index (χ0n) is 17.8. The molecule has 3 aromatic rings. The number of aryl methyl sites for hydroxylation is 3. The number of aliphatic hydroxyl groups is 1. The predicted molar refractivity (Wildman–Crippen MR) is 120 cm³/mol. The number of rotatable bonds is 3. The third-order valence-electron chi connectivity index (χ3n) is 6.82. The van der Waals surface area contributed by atoms with Crippen LogP contribution in [0.5, 0.6) is 0 Å². The quantitative estimate of drug-likeness (QED) is 0.691. The van der Waals surface area contributed by atoms with Gasteiger partial charge in [0.15, 0.2) is 11.4 Å². The lowest BCUT2D eigenvalue weighted by Crippen LogP contribution is -2.49. The molecule has 2 aliphatic rings. The summed E-state index contributed by atoms with van der Waals surface area (Å²) in [5, 5.41) is 11.9. The number of carbonyl (C=O) groups excluding carboxylic acids is 2. The van der Waals surface area contributed by atoms with Crippen LogP contribution >= 0.6 is 0 Å². The number of para-hydroxylation sites is 1. The van der Waals surface area contributed by atoms with Crippen molar-refractivity contribution in [1.29, 1.82) is 0 Å². The lowest BCUT2D eigenvalue weighted by Gasteiger charge is -2.34. The van der Waals surface area contributed by atoms with Gasteiger partial charge < -0.3 is 10.0 Å². The fourth-order valence-electron chi connectivity index (χ4n) is 5.09. The molecular weight excluding hydrogens is 386 g/mol. The minimum Gasteiger partial charge on any atom is -0.375 e. The van der Waals surface area contributed by atoms with Gasteiger partial charge in [-0.2, -0.15) is 0 Å². The molecule has 31 heavy (non-hydrogen) atoms. The molecule has 4 nitrogen and oxygen atoms in total. The highest BCUT2D eigenvalue weighted by atomic mass is 16.3. The topological polar surface area (TPSA) is 57.6 Å².